The van der Waals surface area contributed by atoms with Crippen molar-refractivity contribution in [1.82, 2.24) is 5.32 Å². The normalized spacial score (nSPS) is 11.9. The lowest BCUT2D eigenvalue weighted by Crippen LogP contribution is -2.40. The molecule has 1 aromatic rings. The molecule has 6 heteroatoms. The van der Waals surface area contributed by atoms with Gasteiger partial charge in [0.1, 0.15) is 17.7 Å². The molecule has 0 bridgehead atoms. The smallest absolute Gasteiger partial charge is 0.328 e. The summed E-state index contributed by atoms with van der Waals surface area (Å²) in [6.07, 6.45) is 20.4. The zero-order valence-electron chi connectivity index (χ0n) is 21.3. The summed E-state index contributed by atoms with van der Waals surface area (Å²) in [5, 5.41) is 2.35. The fraction of sp³-hybridized carbons (Fsp3) is 0.714. The second kappa shape index (κ2) is 19.3. The number of ether oxygens (including phenoxy) is 1. The fourth-order valence-electron chi connectivity index (χ4n) is 3.95. The average molecular weight is 482 g/mol. The van der Waals surface area contributed by atoms with Gasteiger partial charge in [0, 0.05) is 0 Å². The molecule has 1 atom stereocenters. The Kier molecular flexibility index (Phi) is 17.1. The Hall–Kier alpha value is -1.98. The molecule has 1 N–H and O–H groups in total. The molecule has 4 nitrogen and oxygen atoms in total. The van der Waals surface area contributed by atoms with Crippen molar-refractivity contribution in [2.24, 2.45) is 0 Å². The van der Waals surface area contributed by atoms with Crippen molar-refractivity contribution in [2.75, 3.05) is 6.61 Å². The van der Waals surface area contributed by atoms with Gasteiger partial charge in [0.05, 0.1) is 12.2 Å². The minimum absolute atomic E-state index is 0.297. The van der Waals surface area contributed by atoms with Crippen LogP contribution in [0.15, 0.2) is 18.2 Å². The Morgan fingerprint density at radius 3 is 1.76 bits per heavy atom. The highest BCUT2D eigenvalue weighted by atomic mass is 19.1. The molecule has 0 aliphatic heterocycles. The van der Waals surface area contributed by atoms with Gasteiger partial charge in [-0.1, -0.05) is 103 Å². The number of hydrogen-bond acceptors (Lipinski definition) is 3. The number of carbonyl (C=O) groups excluding carboxylic acids is 2. The maximum Gasteiger partial charge on any atom is 0.328 e. The second-order valence-electron chi connectivity index (χ2n) is 9.29. The number of amides is 1. The maximum absolute atomic E-state index is 13.7. The molecule has 0 saturated heterocycles. The van der Waals surface area contributed by atoms with Crippen LogP contribution in [-0.4, -0.2) is 24.5 Å². The topological polar surface area (TPSA) is 55.4 Å². The SMILES string of the molecule is CCCCCCCCCCCCCCCCCCOC(=O)C(C)NC(=O)c1cc(F)ccc1F. The van der Waals surface area contributed by atoms with Gasteiger partial charge in [-0.15, -0.1) is 0 Å². The second-order valence-corrected chi connectivity index (χ2v) is 9.29. The molecule has 0 saturated carbocycles. The standard InChI is InChI=1S/C28H45F2NO3/c1-3-4-5-6-7-8-9-10-11-12-13-14-15-16-17-18-21-34-28(33)23(2)31-27(32)25-22-24(29)19-20-26(25)30/h19-20,22-23H,3-18,21H2,1-2H3,(H,31,32). The predicted octanol–water partition coefficient (Wildman–Crippen LogP) is 7.89. The van der Waals surface area contributed by atoms with Crippen LogP contribution in [0.4, 0.5) is 8.78 Å². The Morgan fingerprint density at radius 1 is 0.794 bits per heavy atom. The van der Waals surface area contributed by atoms with E-state index in [1.165, 1.54) is 90.4 Å². The van der Waals surface area contributed by atoms with Gasteiger partial charge in [-0.25, -0.2) is 13.6 Å². The minimum atomic E-state index is -0.934. The van der Waals surface area contributed by atoms with E-state index in [1.807, 2.05) is 0 Å². The molecule has 1 rings (SSSR count). The summed E-state index contributed by atoms with van der Waals surface area (Å²) in [6, 6.07) is 1.68. The highest BCUT2D eigenvalue weighted by Crippen LogP contribution is 2.14. The summed E-state index contributed by atoms with van der Waals surface area (Å²) in [4.78, 5) is 24.1. The third kappa shape index (κ3) is 14.3. The molecule has 194 valence electrons. The van der Waals surface area contributed by atoms with E-state index in [4.69, 9.17) is 4.74 Å². The Morgan fingerprint density at radius 2 is 1.26 bits per heavy atom. The molecule has 0 aromatic heterocycles. The highest BCUT2D eigenvalue weighted by Gasteiger charge is 2.20. The minimum Gasteiger partial charge on any atom is -0.464 e. The van der Waals surface area contributed by atoms with Crippen molar-refractivity contribution in [2.45, 2.75) is 123 Å². The Labute approximate surface area is 205 Å². The number of benzene rings is 1. The number of esters is 1. The molecule has 0 radical (unpaired) electrons. The van der Waals surface area contributed by atoms with E-state index in [1.54, 1.807) is 0 Å². The van der Waals surface area contributed by atoms with E-state index in [0.29, 0.717) is 6.61 Å². The van der Waals surface area contributed by atoms with Gasteiger partial charge in [0.25, 0.3) is 5.91 Å². The molecule has 1 aromatic carbocycles. The van der Waals surface area contributed by atoms with Crippen molar-refractivity contribution in [3.8, 4) is 0 Å². The first-order chi connectivity index (χ1) is 16.5. The lowest BCUT2D eigenvalue weighted by Gasteiger charge is -2.14. The summed E-state index contributed by atoms with van der Waals surface area (Å²) >= 11 is 0. The van der Waals surface area contributed by atoms with Crippen LogP contribution in [0.2, 0.25) is 0 Å². The van der Waals surface area contributed by atoms with Crippen LogP contribution >= 0.6 is 0 Å². The molecule has 0 aliphatic rings. The molecule has 1 amide bonds. The van der Waals surface area contributed by atoms with Gasteiger partial charge in [-0.05, 0) is 31.5 Å². The van der Waals surface area contributed by atoms with E-state index >= 15 is 0 Å². The fourth-order valence-corrected chi connectivity index (χ4v) is 3.95. The van der Waals surface area contributed by atoms with Crippen LogP contribution in [0.5, 0.6) is 0 Å². The Balaban J connectivity index is 1.95. The first-order valence-corrected chi connectivity index (χ1v) is 13.4. The number of hydrogen-bond donors (Lipinski definition) is 1. The first-order valence-electron chi connectivity index (χ1n) is 13.4. The van der Waals surface area contributed by atoms with Crippen molar-refractivity contribution >= 4 is 11.9 Å². The van der Waals surface area contributed by atoms with Crippen molar-refractivity contribution in [3.05, 3.63) is 35.4 Å². The van der Waals surface area contributed by atoms with Crippen LogP contribution in [0.3, 0.4) is 0 Å². The monoisotopic (exact) mass is 481 g/mol. The van der Waals surface area contributed by atoms with Gasteiger partial charge in [-0.3, -0.25) is 4.79 Å². The van der Waals surface area contributed by atoms with Crippen molar-refractivity contribution in [1.29, 1.82) is 0 Å². The molecule has 0 fully saturated rings. The number of unbranched alkanes of at least 4 members (excludes halogenated alkanes) is 15. The number of carbonyl (C=O) groups is 2. The van der Waals surface area contributed by atoms with Crippen LogP contribution < -0.4 is 5.32 Å². The van der Waals surface area contributed by atoms with Gasteiger partial charge in [0.2, 0.25) is 0 Å². The van der Waals surface area contributed by atoms with Crippen LogP contribution in [-0.2, 0) is 9.53 Å². The molecule has 0 heterocycles. The Bertz CT molecular complexity index is 696. The molecule has 0 spiro atoms. The van der Waals surface area contributed by atoms with Crippen molar-refractivity contribution < 1.29 is 23.1 Å². The molecular formula is C28H45F2NO3. The summed E-state index contributed by atoms with van der Waals surface area (Å²) in [5.74, 6) is -2.98. The molecular weight excluding hydrogens is 436 g/mol. The number of nitrogens with one attached hydrogen (secondary N) is 1. The molecule has 1 unspecified atom stereocenters. The van der Waals surface area contributed by atoms with Crippen LogP contribution in [0.1, 0.15) is 127 Å². The summed E-state index contributed by atoms with van der Waals surface area (Å²) in [5.41, 5.74) is -0.433. The van der Waals surface area contributed by atoms with Gasteiger partial charge >= 0.3 is 5.97 Å². The summed E-state index contributed by atoms with van der Waals surface area (Å²) in [6.45, 7) is 4.02. The third-order valence-corrected chi connectivity index (χ3v) is 6.12. The van der Waals surface area contributed by atoms with Gasteiger partial charge in [0.15, 0.2) is 0 Å². The van der Waals surface area contributed by atoms with Gasteiger partial charge in [-0.2, -0.15) is 0 Å². The lowest BCUT2D eigenvalue weighted by molar-refractivity contribution is -0.145. The molecule has 0 aliphatic carbocycles. The zero-order valence-corrected chi connectivity index (χ0v) is 21.3. The van der Waals surface area contributed by atoms with E-state index in [9.17, 15) is 18.4 Å². The number of halogens is 2. The average Bonchev–Trinajstić information content (AvgIpc) is 2.82. The highest BCUT2D eigenvalue weighted by molar-refractivity contribution is 5.96. The largest absolute Gasteiger partial charge is 0.464 e. The lowest BCUT2D eigenvalue weighted by atomic mass is 10.0. The summed E-state index contributed by atoms with van der Waals surface area (Å²) < 4.78 is 32.1. The van der Waals surface area contributed by atoms with Gasteiger partial charge < -0.3 is 10.1 Å². The number of rotatable bonds is 20. The summed E-state index contributed by atoms with van der Waals surface area (Å²) in [7, 11) is 0. The third-order valence-electron chi connectivity index (χ3n) is 6.12. The van der Waals surface area contributed by atoms with Crippen LogP contribution in [0.25, 0.3) is 0 Å². The van der Waals surface area contributed by atoms with E-state index in [2.05, 4.69) is 12.2 Å². The predicted molar refractivity (Wildman–Crippen MR) is 134 cm³/mol. The van der Waals surface area contributed by atoms with Crippen LogP contribution in [0, 0.1) is 11.6 Å². The zero-order chi connectivity index (χ0) is 25.0. The first kappa shape index (κ1) is 30.1. The quantitative estimate of drug-likeness (QED) is 0.152. The molecule has 34 heavy (non-hydrogen) atoms. The van der Waals surface area contributed by atoms with E-state index in [0.717, 1.165) is 37.5 Å². The van der Waals surface area contributed by atoms with E-state index in [-0.39, 0.29) is 0 Å². The van der Waals surface area contributed by atoms with Crippen molar-refractivity contribution in [3.63, 3.8) is 0 Å². The van der Waals surface area contributed by atoms with E-state index < -0.39 is 35.1 Å². The maximum atomic E-state index is 13.7.